The molecule has 1 fully saturated rings. The molecule has 0 unspecified atom stereocenters. The summed E-state index contributed by atoms with van der Waals surface area (Å²) in [5, 5.41) is 3.27. The molecule has 35 heavy (non-hydrogen) atoms. The molecule has 178 valence electrons. The van der Waals surface area contributed by atoms with Crippen LogP contribution in [-0.4, -0.2) is 39.8 Å². The van der Waals surface area contributed by atoms with Crippen molar-refractivity contribution in [1.29, 1.82) is 0 Å². The molecule has 0 radical (unpaired) electrons. The second-order valence-corrected chi connectivity index (χ2v) is 8.79. The van der Waals surface area contributed by atoms with E-state index >= 15 is 0 Å². The Kier molecular flexibility index (Phi) is 5.24. The van der Waals surface area contributed by atoms with E-state index in [2.05, 4.69) is 20.2 Å². The highest BCUT2D eigenvalue weighted by Crippen LogP contribution is 2.47. The third-order valence-corrected chi connectivity index (χ3v) is 6.29. The van der Waals surface area contributed by atoms with Crippen LogP contribution in [0.5, 0.6) is 11.5 Å². The van der Waals surface area contributed by atoms with E-state index in [0.29, 0.717) is 42.3 Å². The van der Waals surface area contributed by atoms with Crippen molar-refractivity contribution in [3.8, 4) is 17.2 Å². The molecule has 0 bridgehead atoms. The average Bonchev–Trinajstić information content (AvgIpc) is 3.64. The third kappa shape index (κ3) is 4.14. The van der Waals surface area contributed by atoms with Gasteiger partial charge in [0.15, 0.2) is 11.6 Å². The first-order valence-electron chi connectivity index (χ1n) is 11.6. The molecule has 1 N–H and O–H groups in total. The Morgan fingerprint density at radius 3 is 2.74 bits per heavy atom. The first-order valence-corrected chi connectivity index (χ1v) is 11.6. The van der Waals surface area contributed by atoms with Crippen molar-refractivity contribution in [2.24, 2.45) is 0 Å². The molecular weight excluding hydrogens is 447 g/mol. The number of halogens is 1. The maximum atomic E-state index is 14.0. The number of nitrogens with zero attached hydrogens (tertiary/aromatic N) is 5. The summed E-state index contributed by atoms with van der Waals surface area (Å²) in [5.74, 6) is 2.59. The Bertz CT molecular complexity index is 1400. The summed E-state index contributed by atoms with van der Waals surface area (Å²) in [7, 11) is 1.64. The fraction of sp³-hybridized carbons (Fsp3) is 0.269. The van der Waals surface area contributed by atoms with Gasteiger partial charge in [0, 0.05) is 23.6 Å². The first kappa shape index (κ1) is 21.4. The molecule has 9 heteroatoms. The highest BCUT2D eigenvalue weighted by Gasteiger charge is 2.31. The summed E-state index contributed by atoms with van der Waals surface area (Å²) < 4.78 is 27.4. The lowest BCUT2D eigenvalue weighted by Gasteiger charge is -2.31. The summed E-state index contributed by atoms with van der Waals surface area (Å²) in [6.07, 6.45) is 7.54. The molecule has 3 heterocycles. The van der Waals surface area contributed by atoms with Crippen LogP contribution in [0.1, 0.15) is 30.0 Å². The lowest BCUT2D eigenvalue weighted by Crippen LogP contribution is -2.30. The minimum Gasteiger partial charge on any atom is -0.494 e. The van der Waals surface area contributed by atoms with E-state index in [0.717, 1.165) is 41.2 Å². The summed E-state index contributed by atoms with van der Waals surface area (Å²) in [4.78, 5) is 15.6. The van der Waals surface area contributed by atoms with E-state index in [1.807, 2.05) is 42.0 Å². The minimum absolute atomic E-state index is 0.211. The predicted molar refractivity (Wildman–Crippen MR) is 131 cm³/mol. The number of imidazole rings is 1. The number of fused-ring (bicyclic) bond motifs is 1. The highest BCUT2D eigenvalue weighted by atomic mass is 19.1. The van der Waals surface area contributed by atoms with E-state index < -0.39 is 0 Å². The molecule has 1 saturated carbocycles. The van der Waals surface area contributed by atoms with Gasteiger partial charge in [-0.15, -0.1) is 0 Å². The number of rotatable bonds is 6. The Hall–Kier alpha value is -4.14. The van der Waals surface area contributed by atoms with Gasteiger partial charge in [-0.3, -0.25) is 0 Å². The molecule has 2 aromatic carbocycles. The third-order valence-electron chi connectivity index (χ3n) is 6.29. The van der Waals surface area contributed by atoms with Crippen molar-refractivity contribution in [1.82, 2.24) is 19.5 Å². The fourth-order valence-electron chi connectivity index (χ4n) is 4.45. The van der Waals surface area contributed by atoms with Gasteiger partial charge in [-0.1, -0.05) is 0 Å². The van der Waals surface area contributed by atoms with Gasteiger partial charge < -0.3 is 24.3 Å². The molecule has 0 spiro atoms. The fourth-order valence-corrected chi connectivity index (χ4v) is 4.45. The Balaban J connectivity index is 1.32. The van der Waals surface area contributed by atoms with Crippen LogP contribution < -0.4 is 19.7 Å². The summed E-state index contributed by atoms with van der Waals surface area (Å²) >= 11 is 0. The van der Waals surface area contributed by atoms with Crippen molar-refractivity contribution >= 4 is 23.1 Å². The van der Waals surface area contributed by atoms with Crippen LogP contribution in [0.3, 0.4) is 0 Å². The van der Waals surface area contributed by atoms with Crippen LogP contribution in [0, 0.1) is 12.7 Å². The van der Waals surface area contributed by atoms with E-state index in [-0.39, 0.29) is 5.82 Å². The van der Waals surface area contributed by atoms with Crippen molar-refractivity contribution in [3.63, 3.8) is 0 Å². The number of nitrogens with one attached hydrogen (secondary N) is 1. The van der Waals surface area contributed by atoms with Crippen molar-refractivity contribution in [2.45, 2.75) is 25.7 Å². The van der Waals surface area contributed by atoms with Crippen LogP contribution in [0.2, 0.25) is 0 Å². The van der Waals surface area contributed by atoms with Crippen LogP contribution >= 0.6 is 0 Å². The van der Waals surface area contributed by atoms with Gasteiger partial charge in [0.05, 0.1) is 37.6 Å². The van der Waals surface area contributed by atoms with Gasteiger partial charge in [-0.05, 0) is 61.6 Å². The first-order chi connectivity index (χ1) is 17.1. The van der Waals surface area contributed by atoms with Gasteiger partial charge >= 0.3 is 0 Å². The zero-order chi connectivity index (χ0) is 23.9. The van der Waals surface area contributed by atoms with E-state index in [9.17, 15) is 4.39 Å². The minimum atomic E-state index is -0.211. The molecule has 8 nitrogen and oxygen atoms in total. The summed E-state index contributed by atoms with van der Waals surface area (Å²) in [6, 6.07) is 10.8. The molecule has 4 aromatic rings. The topological polar surface area (TPSA) is 77.3 Å². The second kappa shape index (κ2) is 8.57. The molecule has 1 aliphatic carbocycles. The van der Waals surface area contributed by atoms with Gasteiger partial charge in [0.2, 0.25) is 5.95 Å². The molecule has 0 atom stereocenters. The quantitative estimate of drug-likeness (QED) is 0.410. The molecule has 6 rings (SSSR count). The smallest absolute Gasteiger partial charge is 0.229 e. The largest absolute Gasteiger partial charge is 0.494 e. The van der Waals surface area contributed by atoms with E-state index in [1.165, 1.54) is 6.07 Å². The Morgan fingerprint density at radius 2 is 1.97 bits per heavy atom. The van der Waals surface area contributed by atoms with Crippen LogP contribution in [0.25, 0.3) is 5.69 Å². The van der Waals surface area contributed by atoms with Crippen molar-refractivity contribution in [2.75, 3.05) is 30.5 Å². The van der Waals surface area contributed by atoms with Gasteiger partial charge in [0.25, 0.3) is 0 Å². The van der Waals surface area contributed by atoms with Crippen LogP contribution in [-0.2, 0) is 0 Å². The van der Waals surface area contributed by atoms with Crippen molar-refractivity contribution < 1.29 is 13.9 Å². The number of aryl methyl sites for hydroxylation is 1. The van der Waals surface area contributed by atoms with E-state index in [1.54, 1.807) is 25.7 Å². The normalized spacial score (nSPS) is 14.9. The molecular formula is C26H25FN6O2. The maximum Gasteiger partial charge on any atom is 0.229 e. The average molecular weight is 473 g/mol. The van der Waals surface area contributed by atoms with Gasteiger partial charge in [-0.25, -0.2) is 14.4 Å². The number of hydrogen-bond donors (Lipinski definition) is 1. The summed E-state index contributed by atoms with van der Waals surface area (Å²) in [6.45, 7) is 3.08. The SMILES string of the molecule is COc1cc(Nc2ncc3c(n2)N(c2ccc(F)cc2C2CC2)CCO3)ccc1-n1cnc(C)c1. The monoisotopic (exact) mass is 472 g/mol. The van der Waals surface area contributed by atoms with Gasteiger partial charge in [0.1, 0.15) is 18.2 Å². The number of benzene rings is 2. The Morgan fingerprint density at radius 1 is 1.11 bits per heavy atom. The molecule has 2 aliphatic rings. The maximum absolute atomic E-state index is 14.0. The van der Waals surface area contributed by atoms with Crippen molar-refractivity contribution in [3.05, 3.63) is 72.2 Å². The number of methoxy groups -OCH3 is 1. The second-order valence-electron chi connectivity index (χ2n) is 8.79. The zero-order valence-corrected chi connectivity index (χ0v) is 19.5. The Labute approximate surface area is 202 Å². The van der Waals surface area contributed by atoms with Crippen LogP contribution in [0.4, 0.5) is 27.5 Å². The molecule has 0 saturated heterocycles. The molecule has 0 amide bonds. The molecule has 1 aliphatic heterocycles. The van der Waals surface area contributed by atoms with E-state index in [4.69, 9.17) is 14.5 Å². The number of aromatic nitrogens is 4. The van der Waals surface area contributed by atoms with Gasteiger partial charge in [-0.2, -0.15) is 4.98 Å². The molecule has 2 aromatic heterocycles. The standard InChI is InChI=1S/C26H25FN6O2/c1-16-14-32(15-29-16)22-8-6-19(12-23(22)34-2)30-26-28-13-24-25(31-26)33(9-10-35-24)21-7-5-18(27)11-20(21)17-3-4-17/h5-8,11-15,17H,3-4,9-10H2,1-2H3,(H,28,30,31). The summed E-state index contributed by atoms with van der Waals surface area (Å²) in [5.41, 5.74) is 4.60. The van der Waals surface area contributed by atoms with Crippen LogP contribution in [0.15, 0.2) is 55.1 Å². The lowest BCUT2D eigenvalue weighted by atomic mass is 10.1. The number of ether oxygens (including phenoxy) is 2. The number of anilines is 4. The zero-order valence-electron chi connectivity index (χ0n) is 19.5. The predicted octanol–water partition coefficient (Wildman–Crippen LogP) is 5.27. The lowest BCUT2D eigenvalue weighted by molar-refractivity contribution is 0.310. The highest BCUT2D eigenvalue weighted by molar-refractivity contribution is 5.72. The number of hydrogen-bond acceptors (Lipinski definition) is 7.